The van der Waals surface area contributed by atoms with Crippen molar-refractivity contribution in [1.82, 2.24) is 10.2 Å². The number of halogens is 4. The third-order valence-electron chi connectivity index (χ3n) is 5.47. The van der Waals surface area contributed by atoms with E-state index in [1.165, 1.54) is 29.9 Å². The molecule has 1 heterocycles. The van der Waals surface area contributed by atoms with Crippen molar-refractivity contribution in [1.29, 1.82) is 0 Å². The van der Waals surface area contributed by atoms with Gasteiger partial charge in [-0.25, -0.2) is 22.0 Å². The number of sulfonamides is 2. The zero-order valence-corrected chi connectivity index (χ0v) is 23.7. The van der Waals surface area contributed by atoms with Crippen LogP contribution in [0.5, 0.6) is 0 Å². The maximum Gasteiger partial charge on any atom is 0.263 e. The van der Waals surface area contributed by atoms with Crippen LogP contribution in [0.25, 0.3) is 10.6 Å². The lowest BCUT2D eigenvalue weighted by Gasteiger charge is -2.21. The predicted octanol–water partition coefficient (Wildman–Crippen LogP) is 6.01. The van der Waals surface area contributed by atoms with Gasteiger partial charge in [-0.05, 0) is 37.1 Å². The molecular formula is C20H19Cl4N5O4S3. The molecule has 0 aliphatic heterocycles. The Balaban J connectivity index is 1.67. The molecule has 0 saturated heterocycles. The van der Waals surface area contributed by atoms with Gasteiger partial charge >= 0.3 is 0 Å². The second-order valence-corrected chi connectivity index (χ2v) is 13.9. The molecule has 1 aliphatic rings. The monoisotopic (exact) mass is 629 g/mol. The van der Waals surface area contributed by atoms with E-state index in [1.54, 1.807) is 0 Å². The summed E-state index contributed by atoms with van der Waals surface area (Å²) in [5, 5.41) is 17.4. The highest BCUT2D eigenvalue weighted by molar-refractivity contribution is 7.93. The largest absolute Gasteiger partial charge is 0.357 e. The molecule has 9 nitrogen and oxygen atoms in total. The van der Waals surface area contributed by atoms with E-state index in [2.05, 4.69) is 20.2 Å². The van der Waals surface area contributed by atoms with Crippen molar-refractivity contribution < 1.29 is 16.8 Å². The number of nitrogens with two attached hydrogens (primary N) is 1. The van der Waals surface area contributed by atoms with E-state index in [4.69, 9.17) is 51.5 Å². The molecule has 0 bridgehead atoms. The molecule has 0 atom stereocenters. The van der Waals surface area contributed by atoms with E-state index in [0.717, 1.165) is 37.8 Å². The molecule has 1 saturated carbocycles. The van der Waals surface area contributed by atoms with Crippen LogP contribution in [0.15, 0.2) is 34.1 Å². The lowest BCUT2D eigenvalue weighted by Crippen LogP contribution is -2.21. The van der Waals surface area contributed by atoms with Gasteiger partial charge in [-0.15, -0.1) is 10.2 Å². The van der Waals surface area contributed by atoms with E-state index < -0.39 is 24.9 Å². The number of benzene rings is 2. The second-order valence-electron chi connectivity index (χ2n) is 8.07. The summed E-state index contributed by atoms with van der Waals surface area (Å²) in [5.41, 5.74) is 0.0515. The molecule has 1 aliphatic carbocycles. The number of anilines is 2. The summed E-state index contributed by atoms with van der Waals surface area (Å²) in [6.07, 6.45) is 5.61. The fourth-order valence-electron chi connectivity index (χ4n) is 3.74. The van der Waals surface area contributed by atoms with Crippen LogP contribution in [0.4, 0.5) is 10.8 Å². The van der Waals surface area contributed by atoms with Crippen molar-refractivity contribution in [2.75, 3.05) is 10.0 Å². The smallest absolute Gasteiger partial charge is 0.263 e. The quantitative estimate of drug-likeness (QED) is 0.290. The van der Waals surface area contributed by atoms with Gasteiger partial charge in [0.1, 0.15) is 9.79 Å². The van der Waals surface area contributed by atoms with E-state index in [-0.39, 0.29) is 30.7 Å². The first-order valence-corrected chi connectivity index (χ1v) is 15.8. The lowest BCUT2D eigenvalue weighted by atomic mass is 9.96. The summed E-state index contributed by atoms with van der Waals surface area (Å²) in [4.78, 5) is -0.829. The Hall–Kier alpha value is -1.38. The molecule has 0 unspecified atom stereocenters. The number of hydrogen-bond donors (Lipinski definition) is 3. The highest BCUT2D eigenvalue weighted by Crippen LogP contribution is 2.39. The third-order valence-corrected chi connectivity index (χ3v) is 10.2. The zero-order chi connectivity index (χ0) is 26.3. The molecule has 2 aromatic carbocycles. The number of primary sulfonamides is 1. The van der Waals surface area contributed by atoms with Crippen molar-refractivity contribution in [3.05, 3.63) is 44.4 Å². The number of aromatic nitrogens is 2. The summed E-state index contributed by atoms with van der Waals surface area (Å²) in [6, 6.07) is 4.85. The van der Waals surface area contributed by atoms with E-state index in [0.29, 0.717) is 21.7 Å². The van der Waals surface area contributed by atoms with Crippen molar-refractivity contribution in [3.63, 3.8) is 0 Å². The van der Waals surface area contributed by atoms with Gasteiger partial charge in [0.2, 0.25) is 15.2 Å². The predicted molar refractivity (Wildman–Crippen MR) is 145 cm³/mol. The normalized spacial score (nSPS) is 15.1. The minimum Gasteiger partial charge on any atom is -0.357 e. The molecule has 0 radical (unpaired) electrons. The van der Waals surface area contributed by atoms with Crippen LogP contribution in [-0.4, -0.2) is 33.1 Å². The molecule has 4 N–H and O–H groups in total. The molecule has 4 rings (SSSR count). The van der Waals surface area contributed by atoms with Crippen LogP contribution in [0.2, 0.25) is 20.1 Å². The van der Waals surface area contributed by atoms with Gasteiger partial charge in [-0.1, -0.05) is 77.0 Å². The third kappa shape index (κ3) is 6.18. The van der Waals surface area contributed by atoms with Gasteiger partial charge in [-0.3, -0.25) is 4.72 Å². The van der Waals surface area contributed by atoms with Crippen LogP contribution >= 0.6 is 57.7 Å². The van der Waals surface area contributed by atoms with Gasteiger partial charge in [0.25, 0.3) is 10.0 Å². The maximum absolute atomic E-state index is 13.2. The summed E-state index contributed by atoms with van der Waals surface area (Å²) < 4.78 is 52.3. The van der Waals surface area contributed by atoms with Gasteiger partial charge in [0.05, 0.1) is 25.8 Å². The van der Waals surface area contributed by atoms with Gasteiger partial charge in [0.15, 0.2) is 5.01 Å². The van der Waals surface area contributed by atoms with Crippen molar-refractivity contribution in [2.24, 2.45) is 5.14 Å². The van der Waals surface area contributed by atoms with E-state index >= 15 is 0 Å². The summed E-state index contributed by atoms with van der Waals surface area (Å²) in [6.45, 7) is 0. The van der Waals surface area contributed by atoms with E-state index in [1.807, 2.05) is 0 Å². The average molecular weight is 631 g/mol. The molecular weight excluding hydrogens is 612 g/mol. The topological polar surface area (TPSA) is 144 Å². The standard InChI is InChI=1S/C20H19Cl4N5O4S3/c21-12-7-15(24)18(6-11(12)19-27-28-20(34-19)26-10-4-2-1-3-5-10)36(32,33)29-16-9-17(35(25,30)31)14(23)8-13(16)22/h6-10,29H,1-5H2,(H,26,28)(H2,25,30,31). The Morgan fingerprint density at radius 2 is 1.47 bits per heavy atom. The highest BCUT2D eigenvalue weighted by Gasteiger charge is 2.25. The molecule has 194 valence electrons. The minimum absolute atomic E-state index is 0.149. The van der Waals surface area contributed by atoms with Gasteiger partial charge < -0.3 is 5.32 Å². The Morgan fingerprint density at radius 1 is 0.833 bits per heavy atom. The Labute approximate surface area is 232 Å². The summed E-state index contributed by atoms with van der Waals surface area (Å²) in [5.74, 6) is 0. The first kappa shape index (κ1) is 27.6. The fourth-order valence-corrected chi connectivity index (χ4v) is 8.00. The molecule has 36 heavy (non-hydrogen) atoms. The molecule has 1 aromatic heterocycles. The van der Waals surface area contributed by atoms with Crippen LogP contribution in [0.1, 0.15) is 32.1 Å². The van der Waals surface area contributed by atoms with Crippen molar-refractivity contribution >= 4 is 88.6 Å². The Morgan fingerprint density at radius 3 is 2.14 bits per heavy atom. The second kappa shape index (κ2) is 10.8. The van der Waals surface area contributed by atoms with Gasteiger partial charge in [0, 0.05) is 11.6 Å². The van der Waals surface area contributed by atoms with Crippen LogP contribution < -0.4 is 15.2 Å². The number of nitrogens with one attached hydrogen (secondary N) is 2. The summed E-state index contributed by atoms with van der Waals surface area (Å²) >= 11 is 25.8. The molecule has 0 amide bonds. The zero-order valence-electron chi connectivity index (χ0n) is 18.3. The Bertz CT molecular complexity index is 1520. The van der Waals surface area contributed by atoms with Crippen LogP contribution in [0.3, 0.4) is 0 Å². The first-order valence-electron chi connectivity index (χ1n) is 10.5. The van der Waals surface area contributed by atoms with Crippen LogP contribution in [-0.2, 0) is 20.0 Å². The number of nitrogens with zero attached hydrogens (tertiary/aromatic N) is 2. The lowest BCUT2D eigenvalue weighted by molar-refractivity contribution is 0.462. The van der Waals surface area contributed by atoms with E-state index in [9.17, 15) is 16.8 Å². The Kier molecular flexibility index (Phi) is 8.28. The number of hydrogen-bond acceptors (Lipinski definition) is 8. The fraction of sp³-hybridized carbons (Fsp3) is 0.300. The molecule has 16 heteroatoms. The maximum atomic E-state index is 13.2. The molecule has 0 spiro atoms. The highest BCUT2D eigenvalue weighted by atomic mass is 35.5. The first-order chi connectivity index (χ1) is 16.8. The average Bonchev–Trinajstić information content (AvgIpc) is 3.23. The minimum atomic E-state index is -4.37. The van der Waals surface area contributed by atoms with Crippen molar-refractivity contribution in [3.8, 4) is 10.6 Å². The van der Waals surface area contributed by atoms with Gasteiger partial charge in [-0.2, -0.15) is 0 Å². The van der Waals surface area contributed by atoms with Crippen LogP contribution in [0, 0.1) is 0 Å². The molecule has 1 fully saturated rings. The molecule has 3 aromatic rings. The summed E-state index contributed by atoms with van der Waals surface area (Å²) in [7, 11) is -8.61. The van der Waals surface area contributed by atoms with Crippen molar-refractivity contribution in [2.45, 2.75) is 47.9 Å². The SMILES string of the molecule is NS(=O)(=O)c1cc(NS(=O)(=O)c2cc(-c3nnc(NC4CCCCC4)s3)c(Cl)cc2Cl)c(Cl)cc1Cl. The number of rotatable bonds is 7.